The highest BCUT2D eigenvalue weighted by atomic mass is 16.3. The average Bonchev–Trinajstić information content (AvgIpc) is 2.94. The lowest BCUT2D eigenvalue weighted by molar-refractivity contribution is 0.0659. The predicted octanol–water partition coefficient (Wildman–Crippen LogP) is 1.30. The van der Waals surface area contributed by atoms with Gasteiger partial charge in [-0.1, -0.05) is 12.1 Å². The first-order valence-electron chi connectivity index (χ1n) is 6.87. The van der Waals surface area contributed by atoms with Gasteiger partial charge in [0.1, 0.15) is 0 Å². The number of hydrogen-bond acceptors (Lipinski definition) is 4. The Balaban J connectivity index is 2.27. The number of anilines is 1. The quantitative estimate of drug-likeness (QED) is 0.812. The molecule has 2 rings (SSSR count). The van der Waals surface area contributed by atoms with E-state index in [0.29, 0.717) is 11.4 Å². The van der Waals surface area contributed by atoms with Crippen molar-refractivity contribution in [2.75, 3.05) is 18.9 Å². The number of aromatic nitrogens is 2. The summed E-state index contributed by atoms with van der Waals surface area (Å²) < 4.78 is 1.58. The van der Waals surface area contributed by atoms with Crippen LogP contribution in [0.2, 0.25) is 0 Å². The molecule has 0 radical (unpaired) electrons. The Hall–Kier alpha value is -2.34. The van der Waals surface area contributed by atoms with Crippen LogP contribution in [0, 0.1) is 0 Å². The van der Waals surface area contributed by atoms with Gasteiger partial charge in [0.2, 0.25) is 0 Å². The van der Waals surface area contributed by atoms with Crippen molar-refractivity contribution in [3.8, 4) is 5.69 Å². The van der Waals surface area contributed by atoms with Gasteiger partial charge in [-0.3, -0.25) is 4.79 Å². The number of carbonyl (C=O) groups excluding carboxylic acids is 1. The number of nitrogen functional groups attached to an aromatic ring is 1. The second kappa shape index (κ2) is 6.41. The minimum atomic E-state index is -0.202. The summed E-state index contributed by atoms with van der Waals surface area (Å²) in [6, 6.07) is 8.98. The molecule has 0 bridgehead atoms. The maximum atomic E-state index is 12.4. The minimum Gasteiger partial charge on any atom is -0.397 e. The second-order valence-corrected chi connectivity index (χ2v) is 5.02. The van der Waals surface area contributed by atoms with E-state index >= 15 is 0 Å². The largest absolute Gasteiger partial charge is 0.397 e. The van der Waals surface area contributed by atoms with Crippen LogP contribution >= 0.6 is 0 Å². The lowest BCUT2D eigenvalue weighted by Gasteiger charge is -2.24. The fourth-order valence-electron chi connectivity index (χ4n) is 2.12. The first kappa shape index (κ1) is 15.1. The number of nitrogens with zero attached hydrogens (tertiary/aromatic N) is 3. The van der Waals surface area contributed by atoms with E-state index in [4.69, 9.17) is 10.8 Å². The number of aliphatic hydroxyl groups is 1. The minimum absolute atomic E-state index is 0.00315. The summed E-state index contributed by atoms with van der Waals surface area (Å²) in [5, 5.41) is 13.4. The monoisotopic (exact) mass is 288 g/mol. The first-order valence-corrected chi connectivity index (χ1v) is 6.87. The van der Waals surface area contributed by atoms with Gasteiger partial charge < -0.3 is 15.7 Å². The molecule has 0 unspecified atom stereocenters. The smallest absolute Gasteiger partial charge is 0.274 e. The molecule has 0 aliphatic rings. The van der Waals surface area contributed by atoms with Gasteiger partial charge in [0.25, 0.3) is 5.91 Å². The summed E-state index contributed by atoms with van der Waals surface area (Å²) in [5.41, 5.74) is 7.56. The number of amides is 1. The van der Waals surface area contributed by atoms with Gasteiger partial charge in [-0.15, -0.1) is 0 Å². The summed E-state index contributed by atoms with van der Waals surface area (Å²) in [7, 11) is 0. The number of rotatable bonds is 5. The Morgan fingerprint density at radius 3 is 2.71 bits per heavy atom. The van der Waals surface area contributed by atoms with E-state index in [9.17, 15) is 4.79 Å². The van der Waals surface area contributed by atoms with Crippen LogP contribution in [0.4, 0.5) is 5.69 Å². The molecule has 6 heteroatoms. The van der Waals surface area contributed by atoms with Crippen LogP contribution in [0.5, 0.6) is 0 Å². The van der Waals surface area contributed by atoms with Crippen molar-refractivity contribution < 1.29 is 9.90 Å². The molecule has 6 nitrogen and oxygen atoms in total. The van der Waals surface area contributed by atoms with Gasteiger partial charge in [-0.25, -0.2) is 4.68 Å². The molecule has 2 aromatic rings. The molecule has 0 aliphatic carbocycles. The Kier molecular flexibility index (Phi) is 4.59. The molecule has 0 fully saturated rings. The molecule has 1 aromatic carbocycles. The van der Waals surface area contributed by atoms with Crippen LogP contribution in [0.3, 0.4) is 0 Å². The molecule has 112 valence electrons. The van der Waals surface area contributed by atoms with E-state index in [1.54, 1.807) is 27.9 Å². The third-order valence-corrected chi connectivity index (χ3v) is 3.22. The third-order valence-electron chi connectivity index (χ3n) is 3.22. The Morgan fingerprint density at radius 2 is 2.10 bits per heavy atom. The summed E-state index contributed by atoms with van der Waals surface area (Å²) >= 11 is 0. The van der Waals surface area contributed by atoms with Crippen LogP contribution < -0.4 is 5.73 Å². The van der Waals surface area contributed by atoms with Crippen molar-refractivity contribution in [3.63, 3.8) is 0 Å². The molecular formula is C15H20N4O2. The van der Waals surface area contributed by atoms with Crippen LogP contribution in [-0.2, 0) is 0 Å². The predicted molar refractivity (Wildman–Crippen MR) is 81.2 cm³/mol. The van der Waals surface area contributed by atoms with Crippen molar-refractivity contribution >= 4 is 11.6 Å². The van der Waals surface area contributed by atoms with E-state index in [2.05, 4.69) is 5.10 Å². The zero-order valence-electron chi connectivity index (χ0n) is 12.2. The highest BCUT2D eigenvalue weighted by molar-refractivity contribution is 5.92. The van der Waals surface area contributed by atoms with Gasteiger partial charge in [0.15, 0.2) is 5.69 Å². The zero-order valence-corrected chi connectivity index (χ0v) is 12.2. The fourth-order valence-corrected chi connectivity index (χ4v) is 2.12. The van der Waals surface area contributed by atoms with Crippen molar-refractivity contribution in [2.24, 2.45) is 0 Å². The average molecular weight is 288 g/mol. The Labute approximate surface area is 123 Å². The maximum absolute atomic E-state index is 12.4. The Bertz CT molecular complexity index is 622. The van der Waals surface area contributed by atoms with Crippen molar-refractivity contribution in [3.05, 3.63) is 42.2 Å². The summed E-state index contributed by atoms with van der Waals surface area (Å²) in [4.78, 5) is 14.0. The van der Waals surface area contributed by atoms with Crippen LogP contribution in [0.15, 0.2) is 36.5 Å². The second-order valence-electron chi connectivity index (χ2n) is 5.02. The summed E-state index contributed by atoms with van der Waals surface area (Å²) in [6.07, 6.45) is 1.70. The molecule has 21 heavy (non-hydrogen) atoms. The molecule has 0 saturated carbocycles. The number of para-hydroxylation sites is 2. The van der Waals surface area contributed by atoms with E-state index in [1.165, 1.54) is 0 Å². The normalized spacial score (nSPS) is 10.9. The molecule has 1 aromatic heterocycles. The maximum Gasteiger partial charge on any atom is 0.274 e. The number of hydrogen-bond donors (Lipinski definition) is 2. The highest BCUT2D eigenvalue weighted by Crippen LogP contribution is 2.16. The lowest BCUT2D eigenvalue weighted by atomic mass is 10.2. The van der Waals surface area contributed by atoms with E-state index in [-0.39, 0.29) is 25.1 Å². The van der Waals surface area contributed by atoms with Crippen molar-refractivity contribution in [1.82, 2.24) is 14.7 Å². The molecule has 1 amide bonds. The Morgan fingerprint density at radius 1 is 1.38 bits per heavy atom. The number of nitrogens with two attached hydrogens (primary N) is 1. The lowest BCUT2D eigenvalue weighted by Crippen LogP contribution is -2.39. The topological polar surface area (TPSA) is 84.4 Å². The van der Waals surface area contributed by atoms with E-state index in [0.717, 1.165) is 5.69 Å². The van der Waals surface area contributed by atoms with Crippen LogP contribution in [0.25, 0.3) is 5.69 Å². The van der Waals surface area contributed by atoms with Crippen molar-refractivity contribution in [2.45, 2.75) is 19.9 Å². The van der Waals surface area contributed by atoms with Gasteiger partial charge in [0, 0.05) is 18.8 Å². The molecule has 0 aliphatic heterocycles. The standard InChI is InChI=1S/C15H20N4O2/c1-11(2)18(9-10-20)15(21)13-7-8-19(17-13)14-6-4-3-5-12(14)16/h3-8,11,20H,9-10,16H2,1-2H3. The van der Waals surface area contributed by atoms with Gasteiger partial charge in [0.05, 0.1) is 18.0 Å². The molecule has 1 heterocycles. The molecule has 0 spiro atoms. The number of carbonyl (C=O) groups is 1. The molecule has 3 N–H and O–H groups in total. The number of aliphatic hydroxyl groups excluding tert-OH is 1. The molecular weight excluding hydrogens is 268 g/mol. The third kappa shape index (κ3) is 3.22. The van der Waals surface area contributed by atoms with Gasteiger partial charge >= 0.3 is 0 Å². The zero-order chi connectivity index (χ0) is 15.4. The van der Waals surface area contributed by atoms with Crippen LogP contribution in [-0.4, -0.2) is 44.9 Å². The molecule has 0 atom stereocenters. The van der Waals surface area contributed by atoms with Crippen LogP contribution in [0.1, 0.15) is 24.3 Å². The number of benzene rings is 1. The first-order chi connectivity index (χ1) is 10.0. The summed E-state index contributed by atoms with van der Waals surface area (Å²) in [5.74, 6) is -0.202. The SMILES string of the molecule is CC(C)N(CCO)C(=O)c1ccn(-c2ccccc2N)n1. The van der Waals surface area contributed by atoms with E-state index < -0.39 is 0 Å². The van der Waals surface area contributed by atoms with Crippen molar-refractivity contribution in [1.29, 1.82) is 0 Å². The highest BCUT2D eigenvalue weighted by Gasteiger charge is 2.20. The molecule has 0 saturated heterocycles. The van der Waals surface area contributed by atoms with Gasteiger partial charge in [-0.05, 0) is 32.0 Å². The fraction of sp³-hybridized carbons (Fsp3) is 0.333. The van der Waals surface area contributed by atoms with E-state index in [1.807, 2.05) is 32.0 Å². The summed E-state index contributed by atoms with van der Waals surface area (Å²) in [6.45, 7) is 4.02. The van der Waals surface area contributed by atoms with Gasteiger partial charge in [-0.2, -0.15) is 5.10 Å².